The van der Waals surface area contributed by atoms with E-state index >= 15 is 0 Å². The van der Waals surface area contributed by atoms with Gasteiger partial charge in [-0.1, -0.05) is 13.0 Å². The first kappa shape index (κ1) is 17.4. The minimum atomic E-state index is -4.60. The molecule has 0 unspecified atom stereocenters. The molecule has 118 valence electrons. The second-order valence-corrected chi connectivity index (χ2v) is 6.11. The van der Waals surface area contributed by atoms with Gasteiger partial charge in [0.1, 0.15) is 0 Å². The number of hydrogen-bond donors (Lipinski definition) is 1. The monoisotopic (exact) mass is 324 g/mol. The van der Waals surface area contributed by atoms with Crippen molar-refractivity contribution in [3.8, 4) is 0 Å². The summed E-state index contributed by atoms with van der Waals surface area (Å²) in [6.45, 7) is 1.94. The van der Waals surface area contributed by atoms with E-state index in [1.807, 2.05) is 0 Å². The molecule has 0 aliphatic carbocycles. The van der Waals surface area contributed by atoms with Gasteiger partial charge in [-0.3, -0.25) is 4.79 Å². The highest BCUT2D eigenvalue weighted by molar-refractivity contribution is 7.87. The fraction of sp³-hybridized carbons (Fsp3) is 0.417. The van der Waals surface area contributed by atoms with Crippen molar-refractivity contribution in [3.63, 3.8) is 0 Å². The minimum Gasteiger partial charge on any atom is -0.268 e. The van der Waals surface area contributed by atoms with E-state index in [0.29, 0.717) is 12.5 Å². The Morgan fingerprint density at radius 3 is 2.48 bits per heavy atom. The van der Waals surface area contributed by atoms with Crippen molar-refractivity contribution in [1.82, 2.24) is 9.03 Å². The van der Waals surface area contributed by atoms with Gasteiger partial charge in [-0.25, -0.2) is 4.72 Å². The number of amides is 1. The van der Waals surface area contributed by atoms with Crippen LogP contribution in [0.3, 0.4) is 0 Å². The lowest BCUT2D eigenvalue weighted by atomic mass is 10.1. The maximum absolute atomic E-state index is 12.5. The number of carbonyl (C=O) groups is 1. The van der Waals surface area contributed by atoms with Crippen LogP contribution in [0.25, 0.3) is 0 Å². The summed E-state index contributed by atoms with van der Waals surface area (Å²) in [4.78, 5) is 11.8. The zero-order chi connectivity index (χ0) is 16.3. The van der Waals surface area contributed by atoms with Crippen LogP contribution in [-0.2, 0) is 16.4 Å². The maximum atomic E-state index is 12.5. The lowest BCUT2D eigenvalue weighted by Gasteiger charge is -2.16. The first-order valence-corrected chi connectivity index (χ1v) is 7.47. The Bertz CT molecular complexity index is 614. The molecule has 0 heterocycles. The third-order valence-electron chi connectivity index (χ3n) is 2.62. The number of alkyl halides is 3. The molecule has 0 aromatic heterocycles. The fourth-order valence-corrected chi connectivity index (χ4v) is 2.46. The Labute approximate surface area is 120 Å². The van der Waals surface area contributed by atoms with E-state index in [-0.39, 0.29) is 12.1 Å². The van der Waals surface area contributed by atoms with E-state index in [9.17, 15) is 26.4 Å². The molecule has 1 N–H and O–H groups in total. The summed E-state index contributed by atoms with van der Waals surface area (Å²) < 4.78 is 63.8. The molecule has 0 saturated carbocycles. The zero-order valence-electron chi connectivity index (χ0n) is 11.4. The van der Waals surface area contributed by atoms with E-state index in [2.05, 4.69) is 0 Å². The van der Waals surface area contributed by atoms with Crippen LogP contribution >= 0.6 is 0 Å². The van der Waals surface area contributed by atoms with Crippen molar-refractivity contribution in [2.45, 2.75) is 19.5 Å². The molecule has 9 heteroatoms. The molecule has 1 aromatic carbocycles. The number of halogens is 3. The molecule has 0 aliphatic heterocycles. The van der Waals surface area contributed by atoms with E-state index in [1.165, 1.54) is 7.05 Å². The molecular formula is C12H15F3N2O3S. The van der Waals surface area contributed by atoms with Crippen LogP contribution in [0.1, 0.15) is 29.3 Å². The van der Waals surface area contributed by atoms with Gasteiger partial charge in [-0.15, -0.1) is 0 Å². The van der Waals surface area contributed by atoms with Crippen molar-refractivity contribution in [1.29, 1.82) is 0 Å². The number of carbonyl (C=O) groups excluding carboxylic acids is 1. The van der Waals surface area contributed by atoms with E-state index in [0.717, 1.165) is 22.5 Å². The summed E-state index contributed by atoms with van der Waals surface area (Å²) in [6.07, 6.45) is -4.07. The Balaban J connectivity index is 2.95. The largest absolute Gasteiger partial charge is 0.416 e. The summed E-state index contributed by atoms with van der Waals surface area (Å²) in [5.41, 5.74) is -1.40. The number of benzene rings is 1. The van der Waals surface area contributed by atoms with Gasteiger partial charge in [0, 0.05) is 19.2 Å². The quantitative estimate of drug-likeness (QED) is 0.901. The Morgan fingerprint density at radius 2 is 1.95 bits per heavy atom. The van der Waals surface area contributed by atoms with Gasteiger partial charge in [0.05, 0.1) is 5.56 Å². The molecule has 0 fully saturated rings. The van der Waals surface area contributed by atoms with Gasteiger partial charge < -0.3 is 0 Å². The van der Waals surface area contributed by atoms with Crippen LogP contribution in [0.15, 0.2) is 24.3 Å². The molecule has 0 radical (unpaired) electrons. The van der Waals surface area contributed by atoms with Crippen LogP contribution in [-0.4, -0.2) is 32.2 Å². The molecule has 0 atom stereocenters. The van der Waals surface area contributed by atoms with Crippen molar-refractivity contribution < 1.29 is 26.4 Å². The highest BCUT2D eigenvalue weighted by Crippen LogP contribution is 2.29. The van der Waals surface area contributed by atoms with Gasteiger partial charge >= 0.3 is 16.4 Å². The van der Waals surface area contributed by atoms with Crippen molar-refractivity contribution in [2.24, 2.45) is 0 Å². The smallest absolute Gasteiger partial charge is 0.268 e. The summed E-state index contributed by atoms with van der Waals surface area (Å²) in [6, 6.07) is 3.55. The predicted molar refractivity (Wildman–Crippen MR) is 70.8 cm³/mol. The Kier molecular flexibility index (Phi) is 5.35. The van der Waals surface area contributed by atoms with E-state index < -0.39 is 27.9 Å². The average Bonchev–Trinajstić information content (AvgIpc) is 2.37. The van der Waals surface area contributed by atoms with Crippen LogP contribution in [0.4, 0.5) is 13.2 Å². The summed E-state index contributed by atoms with van der Waals surface area (Å²) >= 11 is 0. The SMILES string of the molecule is CCCN(C)S(=O)(=O)NC(=O)c1cccc(C(F)(F)F)c1. The number of nitrogens with zero attached hydrogens (tertiary/aromatic N) is 1. The topological polar surface area (TPSA) is 66.5 Å². The van der Waals surface area contributed by atoms with Gasteiger partial charge in [-0.05, 0) is 24.6 Å². The van der Waals surface area contributed by atoms with Gasteiger partial charge in [-0.2, -0.15) is 25.9 Å². The second-order valence-electron chi connectivity index (χ2n) is 4.34. The van der Waals surface area contributed by atoms with Gasteiger partial charge in [0.2, 0.25) is 0 Å². The van der Waals surface area contributed by atoms with Crippen LogP contribution in [0, 0.1) is 0 Å². The first-order valence-electron chi connectivity index (χ1n) is 6.03. The highest BCUT2D eigenvalue weighted by Gasteiger charge is 2.31. The van der Waals surface area contributed by atoms with Crippen LogP contribution in [0.5, 0.6) is 0 Å². The van der Waals surface area contributed by atoms with Crippen LogP contribution < -0.4 is 4.72 Å². The minimum absolute atomic E-state index is 0.186. The third kappa shape index (κ3) is 4.71. The lowest BCUT2D eigenvalue weighted by Crippen LogP contribution is -2.41. The lowest BCUT2D eigenvalue weighted by molar-refractivity contribution is -0.137. The standard InChI is InChI=1S/C12H15F3N2O3S/c1-3-7-17(2)21(19,20)16-11(18)9-5-4-6-10(8-9)12(13,14)15/h4-6,8H,3,7H2,1-2H3,(H,16,18). The van der Waals surface area contributed by atoms with Gasteiger partial charge in [0.15, 0.2) is 0 Å². The molecule has 0 spiro atoms. The molecule has 0 bridgehead atoms. The molecule has 21 heavy (non-hydrogen) atoms. The number of nitrogens with one attached hydrogen (secondary N) is 1. The Hall–Kier alpha value is -1.61. The van der Waals surface area contributed by atoms with E-state index in [1.54, 1.807) is 11.6 Å². The maximum Gasteiger partial charge on any atom is 0.416 e. The zero-order valence-corrected chi connectivity index (χ0v) is 12.3. The molecule has 1 amide bonds. The summed E-state index contributed by atoms with van der Waals surface area (Å²) in [5, 5.41) is 0. The van der Waals surface area contributed by atoms with Crippen molar-refractivity contribution in [3.05, 3.63) is 35.4 Å². The molecule has 0 saturated heterocycles. The Morgan fingerprint density at radius 1 is 1.33 bits per heavy atom. The molecule has 5 nitrogen and oxygen atoms in total. The summed E-state index contributed by atoms with van der Waals surface area (Å²) in [7, 11) is -2.80. The molecular weight excluding hydrogens is 309 g/mol. The van der Waals surface area contributed by atoms with Gasteiger partial charge in [0.25, 0.3) is 5.91 Å². The number of rotatable bonds is 5. The average molecular weight is 324 g/mol. The summed E-state index contributed by atoms with van der Waals surface area (Å²) in [5.74, 6) is -1.11. The van der Waals surface area contributed by atoms with Crippen molar-refractivity contribution >= 4 is 16.1 Å². The van der Waals surface area contributed by atoms with Crippen LogP contribution in [0.2, 0.25) is 0 Å². The molecule has 0 aliphatic rings. The normalized spacial score (nSPS) is 12.5. The number of hydrogen-bond acceptors (Lipinski definition) is 3. The first-order chi connectivity index (χ1) is 9.58. The third-order valence-corrected chi connectivity index (χ3v) is 4.07. The second kappa shape index (κ2) is 6.44. The highest BCUT2D eigenvalue weighted by atomic mass is 32.2. The van der Waals surface area contributed by atoms with Crippen molar-refractivity contribution in [2.75, 3.05) is 13.6 Å². The fourth-order valence-electron chi connectivity index (χ4n) is 1.53. The predicted octanol–water partition coefficient (Wildman–Crippen LogP) is 2.02. The molecule has 1 rings (SSSR count). The molecule has 1 aromatic rings. The van der Waals surface area contributed by atoms with E-state index in [4.69, 9.17) is 0 Å².